The molecular formula is C18H42AlO6P3. The first-order chi connectivity index (χ1) is 12.4. The van der Waals surface area contributed by atoms with Gasteiger partial charge in [-0.05, 0) is 37.0 Å². The van der Waals surface area contributed by atoms with Crippen LogP contribution in [0.3, 0.4) is 0 Å². The van der Waals surface area contributed by atoms with Crippen LogP contribution in [0.1, 0.15) is 80.1 Å². The van der Waals surface area contributed by atoms with Gasteiger partial charge in [-0.15, -0.1) is 0 Å². The Labute approximate surface area is 184 Å². The molecule has 0 rings (SSSR count). The zero-order valence-corrected chi connectivity index (χ0v) is 22.7. The molecule has 0 aromatic carbocycles. The zero-order chi connectivity index (χ0) is 22.0. The molecule has 0 aliphatic rings. The van der Waals surface area contributed by atoms with Crippen molar-refractivity contribution < 1.29 is 28.4 Å². The summed E-state index contributed by atoms with van der Waals surface area (Å²) in [6.07, 6.45) is 6.76. The molecule has 0 unspecified atom stereocenters. The minimum absolute atomic E-state index is 0. The van der Waals surface area contributed by atoms with Gasteiger partial charge in [0.05, 0.1) is 0 Å². The van der Waals surface area contributed by atoms with Crippen LogP contribution < -0.4 is 14.7 Å². The van der Waals surface area contributed by atoms with E-state index in [0.717, 1.165) is 38.5 Å². The standard InChI is InChI=1S/3C6H15O2P.Al/c3*1-3-5-9(7,8)6-4-2;/h3*3-6H2,1-2H3,(H,7,8);/q;;;+3/p-3. The van der Waals surface area contributed by atoms with Crippen LogP contribution in [0.5, 0.6) is 0 Å². The van der Waals surface area contributed by atoms with E-state index in [1.807, 2.05) is 41.5 Å². The Bertz CT molecular complexity index is 378. The fourth-order valence-electron chi connectivity index (χ4n) is 2.38. The van der Waals surface area contributed by atoms with Crippen LogP contribution >= 0.6 is 22.1 Å². The van der Waals surface area contributed by atoms with Gasteiger partial charge in [-0.25, -0.2) is 0 Å². The molecule has 0 fully saturated rings. The van der Waals surface area contributed by atoms with Crippen molar-refractivity contribution in [3.63, 3.8) is 0 Å². The molecule has 0 amide bonds. The normalized spacial score (nSPS) is 11.5. The van der Waals surface area contributed by atoms with Gasteiger partial charge in [0.15, 0.2) is 0 Å². The average molecular weight is 474 g/mol. The van der Waals surface area contributed by atoms with E-state index in [1.54, 1.807) is 0 Å². The Morgan fingerprint density at radius 3 is 0.607 bits per heavy atom. The maximum atomic E-state index is 10.9. The van der Waals surface area contributed by atoms with Gasteiger partial charge in [0.2, 0.25) is 0 Å². The first kappa shape index (κ1) is 36.5. The molecule has 0 bridgehead atoms. The second-order valence-corrected chi connectivity index (χ2v) is 14.4. The first-order valence-corrected chi connectivity index (χ1v) is 16.2. The fraction of sp³-hybridized carbons (Fsp3) is 1.00. The molecule has 0 N–H and O–H groups in total. The Kier molecular flexibility index (Phi) is 27.8. The quantitative estimate of drug-likeness (QED) is 0.312. The van der Waals surface area contributed by atoms with E-state index < -0.39 is 22.1 Å². The third-order valence-electron chi connectivity index (χ3n) is 3.39. The van der Waals surface area contributed by atoms with Crippen LogP contribution in [0.2, 0.25) is 0 Å². The molecule has 168 valence electrons. The molecule has 0 aliphatic heterocycles. The first-order valence-electron chi connectivity index (χ1n) is 10.2. The van der Waals surface area contributed by atoms with E-state index in [0.29, 0.717) is 37.0 Å². The van der Waals surface area contributed by atoms with Crippen LogP contribution in [0, 0.1) is 0 Å². The zero-order valence-electron chi connectivity index (χ0n) is 18.9. The van der Waals surface area contributed by atoms with Gasteiger partial charge in [0.1, 0.15) is 0 Å². The summed E-state index contributed by atoms with van der Waals surface area (Å²) >= 11 is 0. The summed E-state index contributed by atoms with van der Waals surface area (Å²) in [6.45, 7) is 11.3. The van der Waals surface area contributed by atoms with Crippen LogP contribution in [0.25, 0.3) is 0 Å². The second-order valence-electron chi connectivity index (χ2n) is 6.79. The topological polar surface area (TPSA) is 120 Å². The summed E-state index contributed by atoms with van der Waals surface area (Å²) < 4.78 is 32.6. The van der Waals surface area contributed by atoms with Crippen molar-refractivity contribution in [2.24, 2.45) is 0 Å². The molecule has 0 saturated carbocycles. The second kappa shape index (κ2) is 21.3. The van der Waals surface area contributed by atoms with Crippen molar-refractivity contribution in [3.05, 3.63) is 0 Å². The third-order valence-corrected chi connectivity index (χ3v) is 10.2. The Morgan fingerprint density at radius 1 is 0.429 bits per heavy atom. The van der Waals surface area contributed by atoms with Gasteiger partial charge in [-0.2, -0.15) is 0 Å². The molecule has 0 atom stereocenters. The van der Waals surface area contributed by atoms with Gasteiger partial charge >= 0.3 is 17.4 Å². The minimum atomic E-state index is -2.94. The Morgan fingerprint density at radius 2 is 0.536 bits per heavy atom. The molecule has 0 spiro atoms. The molecule has 0 radical (unpaired) electrons. The summed E-state index contributed by atoms with van der Waals surface area (Å²) in [5.41, 5.74) is 0. The van der Waals surface area contributed by atoms with Gasteiger partial charge in [0, 0.05) is 22.1 Å². The molecule has 0 aromatic heterocycles. The fourth-order valence-corrected chi connectivity index (χ4v) is 7.14. The summed E-state index contributed by atoms with van der Waals surface area (Å²) in [5.74, 6) is 0. The molecule has 0 saturated heterocycles. The maximum absolute atomic E-state index is 10.9. The Balaban J connectivity index is -0.000000152. The number of hydrogen-bond acceptors (Lipinski definition) is 6. The molecule has 0 heterocycles. The molecular weight excluding hydrogens is 432 g/mol. The molecule has 0 aliphatic carbocycles. The van der Waals surface area contributed by atoms with Crippen molar-refractivity contribution >= 4 is 39.5 Å². The van der Waals surface area contributed by atoms with Crippen LogP contribution in [0.15, 0.2) is 0 Å². The molecule has 6 nitrogen and oxygen atoms in total. The predicted octanol–water partition coefficient (Wildman–Crippen LogP) is 3.95. The summed E-state index contributed by atoms with van der Waals surface area (Å²) in [7, 11) is -8.83. The van der Waals surface area contributed by atoms with E-state index in [1.165, 1.54) is 0 Å². The van der Waals surface area contributed by atoms with Gasteiger partial charge in [-0.3, -0.25) is 0 Å². The van der Waals surface area contributed by atoms with Gasteiger partial charge in [0.25, 0.3) is 0 Å². The summed E-state index contributed by atoms with van der Waals surface area (Å²) in [6, 6.07) is 0. The van der Waals surface area contributed by atoms with E-state index in [-0.39, 0.29) is 17.4 Å². The van der Waals surface area contributed by atoms with Crippen LogP contribution in [-0.2, 0) is 13.7 Å². The van der Waals surface area contributed by atoms with Gasteiger partial charge in [-0.1, -0.05) is 80.1 Å². The van der Waals surface area contributed by atoms with Gasteiger partial charge < -0.3 is 28.4 Å². The summed E-state index contributed by atoms with van der Waals surface area (Å²) in [5, 5.41) is 0. The van der Waals surface area contributed by atoms with Crippen molar-refractivity contribution in [1.29, 1.82) is 0 Å². The van der Waals surface area contributed by atoms with Crippen molar-refractivity contribution in [1.82, 2.24) is 0 Å². The summed E-state index contributed by atoms with van der Waals surface area (Å²) in [4.78, 5) is 32.6. The molecule has 0 aromatic rings. The van der Waals surface area contributed by atoms with E-state index in [2.05, 4.69) is 0 Å². The third kappa shape index (κ3) is 29.3. The van der Waals surface area contributed by atoms with Crippen LogP contribution in [-0.4, -0.2) is 54.3 Å². The van der Waals surface area contributed by atoms with Crippen LogP contribution in [0.4, 0.5) is 0 Å². The van der Waals surface area contributed by atoms with Crippen molar-refractivity contribution in [2.75, 3.05) is 37.0 Å². The SMILES string of the molecule is CCCP(=O)([O-])CCC.CCCP(=O)([O-])CCC.CCCP(=O)([O-])CCC.[Al+3]. The van der Waals surface area contributed by atoms with E-state index >= 15 is 0 Å². The number of hydrogen-bond donors (Lipinski definition) is 0. The molecule has 10 heteroatoms. The smallest absolute Gasteiger partial charge is 0.799 e. The monoisotopic (exact) mass is 474 g/mol. The van der Waals surface area contributed by atoms with E-state index in [4.69, 9.17) is 0 Å². The maximum Gasteiger partial charge on any atom is 3.00 e. The predicted molar refractivity (Wildman–Crippen MR) is 120 cm³/mol. The van der Waals surface area contributed by atoms with Crippen molar-refractivity contribution in [3.8, 4) is 0 Å². The average Bonchev–Trinajstić information content (AvgIpc) is 2.47. The Hall–Kier alpha value is 1.10. The number of rotatable bonds is 12. The van der Waals surface area contributed by atoms with Crippen molar-refractivity contribution in [2.45, 2.75) is 80.1 Å². The van der Waals surface area contributed by atoms with E-state index in [9.17, 15) is 28.4 Å². The largest absolute Gasteiger partial charge is 3.00 e. The minimum Gasteiger partial charge on any atom is -0.799 e. The molecule has 28 heavy (non-hydrogen) atoms.